The molecule has 0 saturated carbocycles. The molecule has 45 heavy (non-hydrogen) atoms. The first-order chi connectivity index (χ1) is 21.6. The number of methoxy groups -OCH3 is 1. The molecule has 0 aliphatic carbocycles. The Morgan fingerprint density at radius 2 is 1.76 bits per heavy atom. The van der Waals surface area contributed by atoms with Gasteiger partial charge in [0.15, 0.2) is 23.5 Å². The maximum Gasteiger partial charge on any atom is 0.337 e. The van der Waals surface area contributed by atoms with Crippen LogP contribution >= 0.6 is 34.8 Å². The van der Waals surface area contributed by atoms with Crippen LogP contribution in [-0.4, -0.2) is 49.9 Å². The largest absolute Gasteiger partial charge is 0.490 e. The van der Waals surface area contributed by atoms with Crippen LogP contribution in [0.2, 0.25) is 15.1 Å². The van der Waals surface area contributed by atoms with E-state index in [1.165, 1.54) is 13.3 Å². The number of halogens is 3. The molecule has 11 nitrogen and oxygen atoms in total. The van der Waals surface area contributed by atoms with Crippen LogP contribution in [0.4, 0.5) is 4.79 Å². The number of carbonyl (C=O) groups is 2. The SMILES string of the molecule is CCOc1cc([C@@H]2NC(=O)NC(C)=C2C(=O)OC)ccc1OC[C@H](O)N/N=C\c1cc(Cl)c(OCc2ccc(Cl)cc2)c(Cl)c1. The second-order valence-electron chi connectivity index (χ2n) is 9.64. The van der Waals surface area contributed by atoms with Gasteiger partial charge in [-0.1, -0.05) is 53.0 Å². The van der Waals surface area contributed by atoms with Crippen molar-refractivity contribution in [3.63, 3.8) is 0 Å². The minimum Gasteiger partial charge on any atom is -0.490 e. The van der Waals surface area contributed by atoms with E-state index < -0.39 is 24.3 Å². The summed E-state index contributed by atoms with van der Waals surface area (Å²) < 4.78 is 22.2. The fraction of sp³-hybridized carbons (Fsp3) is 0.258. The lowest BCUT2D eigenvalue weighted by atomic mass is 9.95. The number of aliphatic hydroxyl groups is 1. The van der Waals surface area contributed by atoms with Crippen molar-refractivity contribution in [1.82, 2.24) is 16.1 Å². The van der Waals surface area contributed by atoms with E-state index in [1.54, 1.807) is 56.3 Å². The molecule has 3 aromatic carbocycles. The van der Waals surface area contributed by atoms with E-state index in [4.69, 9.17) is 53.8 Å². The molecule has 1 heterocycles. The second kappa shape index (κ2) is 15.7. The van der Waals surface area contributed by atoms with Gasteiger partial charge in [0.25, 0.3) is 0 Å². The van der Waals surface area contributed by atoms with Crippen LogP contribution in [0, 0.1) is 0 Å². The molecule has 4 rings (SSSR count). The van der Waals surface area contributed by atoms with Crippen LogP contribution in [0.25, 0.3) is 0 Å². The summed E-state index contributed by atoms with van der Waals surface area (Å²) in [4.78, 5) is 24.6. The normalized spacial score (nSPS) is 15.3. The van der Waals surface area contributed by atoms with Gasteiger partial charge < -0.3 is 34.7 Å². The Bertz CT molecular complexity index is 1580. The molecule has 1 aliphatic heterocycles. The van der Waals surface area contributed by atoms with Crippen molar-refractivity contribution in [1.29, 1.82) is 0 Å². The molecule has 0 saturated heterocycles. The molecule has 0 unspecified atom stereocenters. The standard InChI is InChI=1S/C31H31Cl3N4O7/c1-4-43-25-13-20(28-27(30(40)42-3)17(2)36-31(41)37-28)7-10-24(25)44-16-26(39)38-35-14-19-11-22(33)29(23(34)12-19)45-15-18-5-8-21(32)9-6-18/h5-14,26,28,38-39H,4,15-16H2,1-3H3,(H2,36,37,41)/b35-14-/t26-,28-/m0/s1. The molecule has 0 spiro atoms. The molecular weight excluding hydrogens is 647 g/mol. The minimum absolute atomic E-state index is 0.188. The molecule has 14 heteroatoms. The van der Waals surface area contributed by atoms with E-state index >= 15 is 0 Å². The second-order valence-corrected chi connectivity index (χ2v) is 10.9. The quantitative estimate of drug-likeness (QED) is 0.0777. The summed E-state index contributed by atoms with van der Waals surface area (Å²) in [6.45, 7) is 3.80. The van der Waals surface area contributed by atoms with Crippen molar-refractivity contribution < 1.29 is 33.6 Å². The number of urea groups is 1. The maximum absolute atomic E-state index is 12.4. The summed E-state index contributed by atoms with van der Waals surface area (Å²) in [5.41, 5.74) is 5.25. The zero-order valence-electron chi connectivity index (χ0n) is 24.5. The number of esters is 1. The summed E-state index contributed by atoms with van der Waals surface area (Å²) in [6.07, 6.45) is 0.245. The molecular formula is C31H31Cl3N4O7. The first-order valence-electron chi connectivity index (χ1n) is 13.7. The molecule has 0 radical (unpaired) electrons. The van der Waals surface area contributed by atoms with Crippen molar-refractivity contribution in [2.24, 2.45) is 5.10 Å². The van der Waals surface area contributed by atoms with Gasteiger partial charge in [0, 0.05) is 10.7 Å². The molecule has 3 aromatic rings. The Hall–Kier alpha value is -4.16. The number of amides is 2. The molecule has 0 fully saturated rings. The first kappa shape index (κ1) is 33.7. The van der Waals surface area contributed by atoms with E-state index in [2.05, 4.69) is 21.2 Å². The van der Waals surface area contributed by atoms with Gasteiger partial charge in [-0.15, -0.1) is 0 Å². The summed E-state index contributed by atoms with van der Waals surface area (Å²) in [7, 11) is 1.27. The highest BCUT2D eigenvalue weighted by Gasteiger charge is 2.32. The van der Waals surface area contributed by atoms with Gasteiger partial charge in [-0.2, -0.15) is 5.10 Å². The molecule has 2 atom stereocenters. The average molecular weight is 678 g/mol. The van der Waals surface area contributed by atoms with Crippen molar-refractivity contribution in [2.45, 2.75) is 32.7 Å². The van der Waals surface area contributed by atoms with Crippen molar-refractivity contribution in [3.05, 3.63) is 97.6 Å². The third-order valence-electron chi connectivity index (χ3n) is 6.43. The predicted octanol–water partition coefficient (Wildman–Crippen LogP) is 5.75. The van der Waals surface area contributed by atoms with Crippen molar-refractivity contribution in [3.8, 4) is 17.2 Å². The Morgan fingerprint density at radius 1 is 1.04 bits per heavy atom. The van der Waals surface area contributed by atoms with E-state index in [0.29, 0.717) is 55.7 Å². The zero-order valence-corrected chi connectivity index (χ0v) is 26.8. The van der Waals surface area contributed by atoms with Crippen molar-refractivity contribution in [2.75, 3.05) is 20.3 Å². The minimum atomic E-state index is -1.19. The monoisotopic (exact) mass is 676 g/mol. The summed E-state index contributed by atoms with van der Waals surface area (Å²) in [5, 5.41) is 21.0. The first-order valence-corrected chi connectivity index (χ1v) is 14.8. The molecule has 238 valence electrons. The smallest absolute Gasteiger partial charge is 0.337 e. The Morgan fingerprint density at radius 3 is 2.42 bits per heavy atom. The predicted molar refractivity (Wildman–Crippen MR) is 171 cm³/mol. The van der Waals surface area contributed by atoms with Gasteiger partial charge in [-0.3, -0.25) is 5.43 Å². The Kier molecular flexibility index (Phi) is 11.8. The van der Waals surface area contributed by atoms with Crippen LogP contribution in [0.15, 0.2) is 71.0 Å². The lowest BCUT2D eigenvalue weighted by molar-refractivity contribution is -0.136. The highest BCUT2D eigenvalue weighted by molar-refractivity contribution is 6.37. The number of nitrogens with zero attached hydrogens (tertiary/aromatic N) is 1. The molecule has 1 aliphatic rings. The molecule has 0 bridgehead atoms. The number of ether oxygens (including phenoxy) is 4. The highest BCUT2D eigenvalue weighted by atomic mass is 35.5. The number of rotatable bonds is 13. The lowest BCUT2D eigenvalue weighted by Gasteiger charge is -2.28. The van der Waals surface area contributed by atoms with Crippen LogP contribution in [0.3, 0.4) is 0 Å². The highest BCUT2D eigenvalue weighted by Crippen LogP contribution is 2.36. The number of carbonyl (C=O) groups excluding carboxylic acids is 2. The molecule has 2 amide bonds. The van der Waals surface area contributed by atoms with Crippen LogP contribution < -0.4 is 30.3 Å². The topological polar surface area (TPSA) is 140 Å². The van der Waals surface area contributed by atoms with Gasteiger partial charge in [0.05, 0.1) is 41.6 Å². The van der Waals surface area contributed by atoms with E-state index in [9.17, 15) is 14.7 Å². The van der Waals surface area contributed by atoms with Gasteiger partial charge in [-0.05, 0) is 66.9 Å². The number of hydrogen-bond acceptors (Lipinski definition) is 9. The Balaban J connectivity index is 1.37. The molecule has 4 N–H and O–H groups in total. The number of allylic oxidation sites excluding steroid dienone is 1. The van der Waals surface area contributed by atoms with Crippen molar-refractivity contribution >= 4 is 53.0 Å². The number of aliphatic hydroxyl groups excluding tert-OH is 1. The third-order valence-corrected chi connectivity index (χ3v) is 7.24. The van der Waals surface area contributed by atoms with Gasteiger partial charge in [-0.25, -0.2) is 9.59 Å². The number of hydrogen-bond donors (Lipinski definition) is 4. The molecule has 0 aromatic heterocycles. The number of nitrogens with one attached hydrogen (secondary N) is 3. The summed E-state index contributed by atoms with van der Waals surface area (Å²) in [5.74, 6) is 0.431. The lowest BCUT2D eigenvalue weighted by Crippen LogP contribution is -2.45. The van der Waals surface area contributed by atoms with Gasteiger partial charge >= 0.3 is 12.0 Å². The average Bonchev–Trinajstić information content (AvgIpc) is 3.00. The fourth-order valence-electron chi connectivity index (χ4n) is 4.35. The van der Waals surface area contributed by atoms with E-state index in [0.717, 1.165) is 5.56 Å². The zero-order chi connectivity index (χ0) is 32.5. The maximum atomic E-state index is 12.4. The summed E-state index contributed by atoms with van der Waals surface area (Å²) >= 11 is 18.7. The van der Waals surface area contributed by atoms with Gasteiger partial charge in [0.1, 0.15) is 13.2 Å². The van der Waals surface area contributed by atoms with Crippen LogP contribution in [-0.2, 0) is 16.1 Å². The fourth-order valence-corrected chi connectivity index (χ4v) is 5.09. The summed E-state index contributed by atoms with van der Waals surface area (Å²) in [6, 6.07) is 14.2. The van der Waals surface area contributed by atoms with E-state index in [1.807, 2.05) is 12.1 Å². The number of hydrazone groups is 1. The van der Waals surface area contributed by atoms with E-state index in [-0.39, 0.29) is 18.8 Å². The van der Waals surface area contributed by atoms with Crippen LogP contribution in [0.5, 0.6) is 17.2 Å². The Labute approximate surface area is 275 Å². The van der Waals surface area contributed by atoms with Crippen LogP contribution in [0.1, 0.15) is 36.6 Å². The number of benzene rings is 3. The third kappa shape index (κ3) is 8.95. The van der Waals surface area contributed by atoms with Gasteiger partial charge in [0.2, 0.25) is 0 Å².